The van der Waals surface area contributed by atoms with Crippen LogP contribution in [0.1, 0.15) is 40.5 Å². The number of imide groups is 1. The van der Waals surface area contributed by atoms with Gasteiger partial charge in [-0.15, -0.1) is 11.3 Å². The Bertz CT molecular complexity index is 1180. The number of ether oxygens (including phenoxy) is 1. The summed E-state index contributed by atoms with van der Waals surface area (Å²) in [4.78, 5) is 40.5. The second-order valence-electron chi connectivity index (χ2n) is 7.89. The monoisotopic (exact) mass is 451 g/mol. The Hall–Kier alpha value is -3.39. The van der Waals surface area contributed by atoms with Crippen molar-refractivity contribution in [3.05, 3.63) is 69.7 Å². The minimum atomic E-state index is -1.15. The van der Waals surface area contributed by atoms with E-state index in [0.29, 0.717) is 12.2 Å². The fraction of sp³-hybridized carbons (Fsp3) is 0.292. The van der Waals surface area contributed by atoms with Crippen LogP contribution in [0.2, 0.25) is 0 Å². The summed E-state index contributed by atoms with van der Waals surface area (Å²) in [5, 5.41) is 4.59. The van der Waals surface area contributed by atoms with Gasteiger partial charge >= 0.3 is 6.03 Å². The molecule has 1 aliphatic heterocycles. The molecular weight excluding hydrogens is 426 g/mol. The molecule has 7 nitrogen and oxygen atoms in total. The van der Waals surface area contributed by atoms with E-state index in [1.54, 1.807) is 19.1 Å². The van der Waals surface area contributed by atoms with Gasteiger partial charge in [0.1, 0.15) is 5.75 Å². The van der Waals surface area contributed by atoms with Crippen molar-refractivity contribution in [2.75, 3.05) is 13.2 Å². The van der Waals surface area contributed by atoms with E-state index in [2.05, 4.69) is 5.32 Å². The summed E-state index contributed by atoms with van der Waals surface area (Å²) in [5.74, 6) is 0.0789. The number of thiophene rings is 1. The van der Waals surface area contributed by atoms with Crippen LogP contribution in [0.25, 0.3) is 5.69 Å². The Balaban J connectivity index is 1.57. The lowest BCUT2D eigenvalue weighted by Gasteiger charge is -2.19. The summed E-state index contributed by atoms with van der Waals surface area (Å²) in [7, 11) is 0. The molecule has 0 saturated carbocycles. The second-order valence-corrected chi connectivity index (χ2v) is 8.84. The third kappa shape index (κ3) is 3.60. The van der Waals surface area contributed by atoms with E-state index in [1.165, 1.54) is 11.3 Å². The van der Waals surface area contributed by atoms with Crippen molar-refractivity contribution in [2.45, 2.75) is 33.2 Å². The van der Waals surface area contributed by atoms with Crippen LogP contribution in [0, 0.1) is 13.8 Å². The van der Waals surface area contributed by atoms with Gasteiger partial charge in [0.05, 0.1) is 13.2 Å². The van der Waals surface area contributed by atoms with E-state index >= 15 is 0 Å². The number of hydrogen-bond donors (Lipinski definition) is 1. The van der Waals surface area contributed by atoms with Crippen LogP contribution >= 0.6 is 11.3 Å². The number of aryl methyl sites for hydroxylation is 1. The van der Waals surface area contributed by atoms with Crippen molar-refractivity contribution in [1.29, 1.82) is 0 Å². The van der Waals surface area contributed by atoms with Gasteiger partial charge in [-0.2, -0.15) is 0 Å². The maximum atomic E-state index is 13.1. The lowest BCUT2D eigenvalue weighted by atomic mass is 10.0. The summed E-state index contributed by atoms with van der Waals surface area (Å²) >= 11 is 1.39. The third-order valence-electron chi connectivity index (χ3n) is 5.73. The SMILES string of the molecule is CCOc1ccc(-n2c(C)cc(C(=O)CN3C(=O)NC(C)(c4cccs4)C3=O)c2C)cc1. The molecule has 32 heavy (non-hydrogen) atoms. The minimum Gasteiger partial charge on any atom is -0.494 e. The maximum Gasteiger partial charge on any atom is 0.325 e. The number of aromatic nitrogens is 1. The Morgan fingerprint density at radius 3 is 2.50 bits per heavy atom. The van der Waals surface area contributed by atoms with E-state index in [9.17, 15) is 14.4 Å². The number of nitrogens with zero attached hydrogens (tertiary/aromatic N) is 2. The van der Waals surface area contributed by atoms with Gasteiger partial charge in [-0.25, -0.2) is 4.79 Å². The Morgan fingerprint density at radius 1 is 1.16 bits per heavy atom. The molecule has 1 aliphatic rings. The number of urea groups is 1. The molecule has 1 atom stereocenters. The highest BCUT2D eigenvalue weighted by atomic mass is 32.1. The third-order valence-corrected chi connectivity index (χ3v) is 6.82. The predicted octanol–water partition coefficient (Wildman–Crippen LogP) is 4.20. The zero-order chi connectivity index (χ0) is 23.0. The van der Waals surface area contributed by atoms with Gasteiger partial charge in [-0.1, -0.05) is 6.07 Å². The standard InChI is InChI=1S/C24H25N3O4S/c1-5-31-18-10-8-17(9-11-18)27-15(2)13-19(16(27)3)20(28)14-26-22(29)24(4,25-23(26)30)21-7-6-12-32-21/h6-13H,5,14H2,1-4H3,(H,25,30). The van der Waals surface area contributed by atoms with Crippen molar-refractivity contribution < 1.29 is 19.1 Å². The van der Waals surface area contributed by atoms with E-state index in [4.69, 9.17) is 4.74 Å². The van der Waals surface area contributed by atoms with Crippen LogP contribution in [-0.2, 0) is 10.3 Å². The van der Waals surface area contributed by atoms with Crippen molar-refractivity contribution in [2.24, 2.45) is 0 Å². The van der Waals surface area contributed by atoms with E-state index in [1.807, 2.05) is 61.1 Å². The van der Waals surface area contributed by atoms with Gasteiger partial charge in [-0.05, 0) is 69.5 Å². The Labute approximate surface area is 190 Å². The molecule has 0 aliphatic carbocycles. The van der Waals surface area contributed by atoms with Gasteiger partial charge in [0.2, 0.25) is 0 Å². The summed E-state index contributed by atoms with van der Waals surface area (Å²) in [5.41, 5.74) is 1.88. The second kappa shape index (κ2) is 8.27. The molecule has 0 bridgehead atoms. The first kappa shape index (κ1) is 21.8. The first-order valence-corrected chi connectivity index (χ1v) is 11.3. The average molecular weight is 452 g/mol. The molecule has 0 spiro atoms. The number of nitrogens with one attached hydrogen (secondary N) is 1. The number of ketones is 1. The van der Waals surface area contributed by atoms with Crippen LogP contribution in [0.3, 0.4) is 0 Å². The van der Waals surface area contributed by atoms with E-state index < -0.39 is 17.5 Å². The molecule has 1 aromatic carbocycles. The topological polar surface area (TPSA) is 80.6 Å². The first-order valence-electron chi connectivity index (χ1n) is 10.4. The van der Waals surface area contributed by atoms with Gasteiger partial charge in [-0.3, -0.25) is 14.5 Å². The van der Waals surface area contributed by atoms with Crippen LogP contribution in [0.15, 0.2) is 47.8 Å². The Kier molecular flexibility index (Phi) is 5.64. The zero-order valence-corrected chi connectivity index (χ0v) is 19.3. The first-order chi connectivity index (χ1) is 15.3. The molecule has 166 valence electrons. The highest BCUT2D eigenvalue weighted by Gasteiger charge is 2.50. The summed E-state index contributed by atoms with van der Waals surface area (Å²) in [6.45, 7) is 7.66. The van der Waals surface area contributed by atoms with Crippen molar-refractivity contribution >= 4 is 29.1 Å². The van der Waals surface area contributed by atoms with E-state index in [0.717, 1.165) is 32.6 Å². The molecule has 4 rings (SSSR count). The molecule has 1 saturated heterocycles. The largest absolute Gasteiger partial charge is 0.494 e. The Morgan fingerprint density at radius 2 is 1.88 bits per heavy atom. The van der Waals surface area contributed by atoms with Crippen molar-refractivity contribution in [3.63, 3.8) is 0 Å². The van der Waals surface area contributed by atoms with Crippen molar-refractivity contribution in [1.82, 2.24) is 14.8 Å². The summed E-state index contributed by atoms with van der Waals surface area (Å²) < 4.78 is 7.48. The molecule has 1 fully saturated rings. The van der Waals surface area contributed by atoms with Crippen LogP contribution in [-0.4, -0.2) is 40.3 Å². The molecule has 0 radical (unpaired) electrons. The normalized spacial score (nSPS) is 18.2. The van der Waals surface area contributed by atoms with Gasteiger partial charge in [0, 0.05) is 27.5 Å². The molecule has 3 amide bonds. The smallest absolute Gasteiger partial charge is 0.325 e. The number of carbonyl (C=O) groups is 3. The summed E-state index contributed by atoms with van der Waals surface area (Å²) in [6, 6.07) is 12.5. The van der Waals surface area contributed by atoms with Gasteiger partial charge < -0.3 is 14.6 Å². The molecule has 3 heterocycles. The highest BCUT2D eigenvalue weighted by molar-refractivity contribution is 7.10. The number of amides is 3. The van der Waals surface area contributed by atoms with Gasteiger partial charge in [0.15, 0.2) is 11.3 Å². The van der Waals surface area contributed by atoms with Crippen molar-refractivity contribution in [3.8, 4) is 11.4 Å². The number of hydrogen-bond acceptors (Lipinski definition) is 5. The molecule has 3 aromatic rings. The molecule has 8 heteroatoms. The number of Topliss-reactive ketones (excluding diaryl/α,β-unsaturated/α-hetero) is 1. The van der Waals surface area contributed by atoms with Gasteiger partial charge in [0.25, 0.3) is 5.91 Å². The fourth-order valence-electron chi connectivity index (χ4n) is 4.10. The number of carbonyl (C=O) groups excluding carboxylic acids is 3. The molecular formula is C24H25N3O4S. The van der Waals surface area contributed by atoms with E-state index in [-0.39, 0.29) is 12.3 Å². The predicted molar refractivity (Wildman–Crippen MR) is 123 cm³/mol. The quantitative estimate of drug-likeness (QED) is 0.431. The number of rotatable bonds is 7. The number of benzene rings is 1. The maximum absolute atomic E-state index is 13.1. The fourth-order valence-corrected chi connectivity index (χ4v) is 4.93. The lowest BCUT2D eigenvalue weighted by Crippen LogP contribution is -2.40. The lowest BCUT2D eigenvalue weighted by molar-refractivity contribution is -0.130. The highest BCUT2D eigenvalue weighted by Crippen LogP contribution is 2.32. The van der Waals surface area contributed by atoms with Crippen LogP contribution < -0.4 is 10.1 Å². The molecule has 1 unspecified atom stereocenters. The molecule has 2 aromatic heterocycles. The summed E-state index contributed by atoms with van der Waals surface area (Å²) in [6.07, 6.45) is 0. The molecule has 1 N–H and O–H groups in total. The van der Waals surface area contributed by atoms with Crippen LogP contribution in [0.5, 0.6) is 5.75 Å². The zero-order valence-electron chi connectivity index (χ0n) is 18.5. The minimum absolute atomic E-state index is 0.283. The van der Waals surface area contributed by atoms with Crippen LogP contribution in [0.4, 0.5) is 4.79 Å². The average Bonchev–Trinajstić information content (AvgIpc) is 3.45.